The summed E-state index contributed by atoms with van der Waals surface area (Å²) in [7, 11) is 0. The molecule has 0 radical (unpaired) electrons. The lowest BCUT2D eigenvalue weighted by Gasteiger charge is -2.21. The Balaban J connectivity index is 1.65. The minimum absolute atomic E-state index is 0.0579. The third-order valence-corrected chi connectivity index (χ3v) is 6.73. The molecule has 1 atom stereocenters. The zero-order valence-corrected chi connectivity index (χ0v) is 17.5. The fraction of sp³-hybridized carbons (Fsp3) is 0.250. The monoisotopic (exact) mass is 419 g/mol. The first kappa shape index (κ1) is 19.3. The number of rotatable bonds is 4. The molecule has 0 aliphatic carbocycles. The molecule has 5 rings (SSSR count). The molecule has 3 heterocycles. The Labute approximate surface area is 178 Å². The lowest BCUT2D eigenvalue weighted by Crippen LogP contribution is -2.43. The number of fused-ring (bicyclic) bond motifs is 3. The molecule has 6 heteroatoms. The Hall–Kier alpha value is -2.70. The molecule has 0 spiro atoms. The number of nitrogens with zero attached hydrogens (tertiary/aromatic N) is 2. The van der Waals surface area contributed by atoms with E-state index in [0.717, 1.165) is 51.1 Å². The molecule has 152 valence electrons. The summed E-state index contributed by atoms with van der Waals surface area (Å²) >= 11 is 1.80. The van der Waals surface area contributed by atoms with Crippen molar-refractivity contribution in [1.82, 2.24) is 14.9 Å². The van der Waals surface area contributed by atoms with Crippen LogP contribution in [0.2, 0.25) is 0 Å². The molecule has 1 saturated heterocycles. The number of aryl methyl sites for hydroxylation is 1. The summed E-state index contributed by atoms with van der Waals surface area (Å²) in [5, 5.41) is 5.45. The molecule has 1 unspecified atom stereocenters. The lowest BCUT2D eigenvalue weighted by atomic mass is 10.1. The molecule has 1 fully saturated rings. The summed E-state index contributed by atoms with van der Waals surface area (Å²) in [6, 6.07) is 16.5. The molecule has 2 aromatic carbocycles. The second kappa shape index (κ2) is 7.85. The predicted octanol–water partition coefficient (Wildman–Crippen LogP) is 4.57. The number of pyridine rings is 1. The summed E-state index contributed by atoms with van der Waals surface area (Å²) < 4.78 is 15.6. The Morgan fingerprint density at radius 1 is 1.20 bits per heavy atom. The highest BCUT2D eigenvalue weighted by Gasteiger charge is 2.25. The van der Waals surface area contributed by atoms with Crippen molar-refractivity contribution < 1.29 is 9.18 Å². The largest absolute Gasteiger partial charge is 0.334 e. The molecule has 0 bridgehead atoms. The van der Waals surface area contributed by atoms with Gasteiger partial charge >= 0.3 is 0 Å². The number of carbonyl (C=O) groups is 1. The number of ketones is 1. The maximum absolute atomic E-state index is 13.4. The molecule has 4 aromatic rings. The average molecular weight is 420 g/mol. The maximum Gasteiger partial charge on any atom is 0.198 e. The van der Waals surface area contributed by atoms with Gasteiger partial charge in [-0.05, 0) is 36.8 Å². The van der Waals surface area contributed by atoms with Crippen LogP contribution >= 0.6 is 11.8 Å². The first-order valence-corrected chi connectivity index (χ1v) is 11.3. The molecular weight excluding hydrogens is 397 g/mol. The highest BCUT2D eigenvalue weighted by atomic mass is 32.2. The van der Waals surface area contributed by atoms with Crippen LogP contribution in [0.3, 0.4) is 0 Å². The number of halogens is 1. The summed E-state index contributed by atoms with van der Waals surface area (Å²) in [5.41, 5.74) is 4.46. The van der Waals surface area contributed by atoms with Crippen molar-refractivity contribution >= 4 is 39.4 Å². The van der Waals surface area contributed by atoms with Gasteiger partial charge in [-0.15, -0.1) is 0 Å². The molecule has 0 amide bonds. The predicted molar refractivity (Wildman–Crippen MR) is 121 cm³/mol. The van der Waals surface area contributed by atoms with E-state index in [1.807, 2.05) is 37.3 Å². The standard InChI is InChI=1S/C24H22FN3OS/c1-15-23-19(12-20(27-15)24(29)21-14-30-11-10-26-21)18-4-2-3-5-22(18)28(23)13-16-6-8-17(25)9-7-16/h2-9,12,21,26H,10-11,13-14H2,1H3. The van der Waals surface area contributed by atoms with Gasteiger partial charge in [-0.3, -0.25) is 4.79 Å². The Morgan fingerprint density at radius 2 is 2.00 bits per heavy atom. The van der Waals surface area contributed by atoms with Crippen molar-refractivity contribution in [3.05, 3.63) is 77.4 Å². The molecule has 30 heavy (non-hydrogen) atoms. The maximum atomic E-state index is 13.4. The van der Waals surface area contributed by atoms with Crippen LogP contribution in [0.15, 0.2) is 54.6 Å². The first-order chi connectivity index (χ1) is 14.6. The van der Waals surface area contributed by atoms with Crippen LogP contribution < -0.4 is 5.32 Å². The highest BCUT2D eigenvalue weighted by molar-refractivity contribution is 7.99. The van der Waals surface area contributed by atoms with Crippen molar-refractivity contribution in [3.63, 3.8) is 0 Å². The van der Waals surface area contributed by atoms with E-state index < -0.39 is 0 Å². The minimum Gasteiger partial charge on any atom is -0.334 e. The molecule has 4 nitrogen and oxygen atoms in total. The molecular formula is C24H22FN3OS. The van der Waals surface area contributed by atoms with Crippen LogP contribution in [0.5, 0.6) is 0 Å². The van der Waals surface area contributed by atoms with Gasteiger partial charge in [-0.1, -0.05) is 30.3 Å². The van der Waals surface area contributed by atoms with Gasteiger partial charge in [0.1, 0.15) is 11.5 Å². The SMILES string of the molecule is Cc1nc(C(=O)C2CSCCN2)cc2c3ccccc3n(Cc3ccc(F)cc3)c12. The number of aromatic nitrogens is 2. The molecule has 0 saturated carbocycles. The van der Waals surface area contributed by atoms with Gasteiger partial charge in [-0.2, -0.15) is 11.8 Å². The van der Waals surface area contributed by atoms with Crippen LogP contribution in [0.4, 0.5) is 4.39 Å². The van der Waals surface area contributed by atoms with Gasteiger partial charge in [0.05, 0.1) is 17.3 Å². The molecule has 1 aliphatic heterocycles. The zero-order chi connectivity index (χ0) is 20.7. The van der Waals surface area contributed by atoms with Crippen molar-refractivity contribution in [2.24, 2.45) is 0 Å². The summed E-state index contributed by atoms with van der Waals surface area (Å²) in [6.45, 7) is 3.42. The van der Waals surface area contributed by atoms with Crippen molar-refractivity contribution in [1.29, 1.82) is 0 Å². The summed E-state index contributed by atoms with van der Waals surface area (Å²) in [4.78, 5) is 17.8. The fourth-order valence-electron chi connectivity index (χ4n) is 4.24. The van der Waals surface area contributed by atoms with Gasteiger partial charge in [0.15, 0.2) is 5.78 Å². The molecule has 2 aromatic heterocycles. The number of benzene rings is 2. The van der Waals surface area contributed by atoms with Gasteiger partial charge in [-0.25, -0.2) is 9.37 Å². The topological polar surface area (TPSA) is 46.9 Å². The van der Waals surface area contributed by atoms with Crippen LogP contribution in [0.25, 0.3) is 21.8 Å². The lowest BCUT2D eigenvalue weighted by molar-refractivity contribution is 0.0948. The number of thioether (sulfide) groups is 1. The highest BCUT2D eigenvalue weighted by Crippen LogP contribution is 2.32. The normalized spacial score (nSPS) is 16.9. The second-order valence-corrected chi connectivity index (χ2v) is 8.81. The number of carbonyl (C=O) groups excluding carboxylic acids is 1. The number of hydrogen-bond donors (Lipinski definition) is 1. The van der Waals surface area contributed by atoms with E-state index in [2.05, 4.69) is 22.0 Å². The van der Waals surface area contributed by atoms with Gasteiger partial charge < -0.3 is 9.88 Å². The quantitative estimate of drug-likeness (QED) is 0.492. The minimum atomic E-state index is -0.239. The third-order valence-electron chi connectivity index (χ3n) is 5.67. The van der Waals surface area contributed by atoms with E-state index in [4.69, 9.17) is 4.98 Å². The van der Waals surface area contributed by atoms with Crippen molar-refractivity contribution in [3.8, 4) is 0 Å². The van der Waals surface area contributed by atoms with Gasteiger partial charge in [0, 0.05) is 40.9 Å². The van der Waals surface area contributed by atoms with E-state index in [9.17, 15) is 9.18 Å². The first-order valence-electron chi connectivity index (χ1n) is 10.1. The summed E-state index contributed by atoms with van der Waals surface area (Å²) in [5.74, 6) is 1.63. The van der Waals surface area contributed by atoms with Crippen molar-refractivity contribution in [2.75, 3.05) is 18.1 Å². The van der Waals surface area contributed by atoms with E-state index >= 15 is 0 Å². The molecule has 1 N–H and O–H groups in total. The Bertz CT molecular complexity index is 1240. The number of para-hydroxylation sites is 1. The number of Topliss-reactive ketones (excluding diaryl/α,β-unsaturated/α-hetero) is 1. The van der Waals surface area contributed by atoms with Crippen LogP contribution in [-0.4, -0.2) is 39.4 Å². The fourth-order valence-corrected chi connectivity index (χ4v) is 5.18. The van der Waals surface area contributed by atoms with Gasteiger partial charge in [0.25, 0.3) is 0 Å². The Kier molecular flexibility index (Phi) is 5.05. The van der Waals surface area contributed by atoms with Crippen LogP contribution in [-0.2, 0) is 6.54 Å². The molecule has 1 aliphatic rings. The van der Waals surface area contributed by atoms with E-state index in [-0.39, 0.29) is 17.6 Å². The zero-order valence-electron chi connectivity index (χ0n) is 16.7. The number of nitrogens with one attached hydrogen (secondary N) is 1. The number of hydrogen-bond acceptors (Lipinski definition) is 4. The van der Waals surface area contributed by atoms with Crippen LogP contribution in [0.1, 0.15) is 21.7 Å². The van der Waals surface area contributed by atoms with E-state index in [1.54, 1.807) is 11.8 Å². The van der Waals surface area contributed by atoms with Gasteiger partial charge in [0.2, 0.25) is 0 Å². The third kappa shape index (κ3) is 3.40. The average Bonchev–Trinajstić information content (AvgIpc) is 3.09. The summed E-state index contributed by atoms with van der Waals surface area (Å²) in [6.07, 6.45) is 0. The smallest absolute Gasteiger partial charge is 0.198 e. The van der Waals surface area contributed by atoms with Crippen LogP contribution in [0, 0.1) is 12.7 Å². The second-order valence-electron chi connectivity index (χ2n) is 7.66. The van der Waals surface area contributed by atoms with E-state index in [0.29, 0.717) is 12.2 Å². The van der Waals surface area contributed by atoms with E-state index in [1.165, 1.54) is 12.1 Å². The van der Waals surface area contributed by atoms with Crippen molar-refractivity contribution in [2.45, 2.75) is 19.5 Å². The Morgan fingerprint density at radius 3 is 2.77 bits per heavy atom.